The predicted octanol–water partition coefficient (Wildman–Crippen LogP) is 4.21. The number of benzene rings is 2. The van der Waals surface area contributed by atoms with Gasteiger partial charge in [-0.25, -0.2) is 0 Å². The van der Waals surface area contributed by atoms with Gasteiger partial charge >= 0.3 is 5.97 Å². The van der Waals surface area contributed by atoms with E-state index in [0.29, 0.717) is 16.5 Å². The number of hydrogen-bond donors (Lipinski definition) is 1. The van der Waals surface area contributed by atoms with E-state index in [9.17, 15) is 9.90 Å². The Kier molecular flexibility index (Phi) is 5.50. The highest BCUT2D eigenvalue weighted by Crippen LogP contribution is 2.42. The lowest BCUT2D eigenvalue weighted by atomic mass is 9.80. The van der Waals surface area contributed by atoms with Crippen molar-refractivity contribution in [1.82, 2.24) is 0 Å². The van der Waals surface area contributed by atoms with Crippen LogP contribution in [0.5, 0.6) is 11.5 Å². The molecule has 0 saturated carbocycles. The summed E-state index contributed by atoms with van der Waals surface area (Å²) in [6.45, 7) is 1.67. The Labute approximate surface area is 140 Å². The zero-order chi connectivity index (χ0) is 17.0. The van der Waals surface area contributed by atoms with Crippen LogP contribution >= 0.6 is 11.6 Å². The van der Waals surface area contributed by atoms with E-state index in [2.05, 4.69) is 0 Å². The minimum absolute atomic E-state index is 0.447. The van der Waals surface area contributed by atoms with Crippen LogP contribution in [0.3, 0.4) is 0 Å². The molecule has 0 bridgehead atoms. The number of carbonyl (C=O) groups is 1. The highest BCUT2D eigenvalue weighted by molar-refractivity contribution is 6.30. The lowest BCUT2D eigenvalue weighted by Gasteiger charge is -2.25. The molecule has 5 heteroatoms. The van der Waals surface area contributed by atoms with Crippen LogP contribution < -0.4 is 9.47 Å². The average molecular weight is 335 g/mol. The maximum atomic E-state index is 11.7. The Morgan fingerprint density at radius 2 is 1.65 bits per heavy atom. The molecule has 0 fully saturated rings. The van der Waals surface area contributed by atoms with Crippen LogP contribution in [0.1, 0.15) is 24.0 Å². The number of carboxylic acid groups (broad SMARTS) is 1. The SMILES string of the molecule is COc1ccccc1C(c1cc(Cl)ccc1OC)C(C)C(=O)O. The van der Waals surface area contributed by atoms with Gasteiger partial charge in [-0.3, -0.25) is 4.79 Å². The summed E-state index contributed by atoms with van der Waals surface area (Å²) < 4.78 is 10.8. The van der Waals surface area contributed by atoms with Gasteiger partial charge in [0.05, 0.1) is 20.1 Å². The van der Waals surface area contributed by atoms with Crippen LogP contribution in [0.4, 0.5) is 0 Å². The van der Waals surface area contributed by atoms with Gasteiger partial charge in [-0.05, 0) is 24.3 Å². The molecule has 0 aliphatic heterocycles. The van der Waals surface area contributed by atoms with Gasteiger partial charge in [-0.15, -0.1) is 0 Å². The van der Waals surface area contributed by atoms with E-state index in [0.717, 1.165) is 11.1 Å². The smallest absolute Gasteiger partial charge is 0.307 e. The maximum Gasteiger partial charge on any atom is 0.307 e. The second-order valence-electron chi connectivity index (χ2n) is 5.23. The molecule has 0 aliphatic carbocycles. The molecule has 2 rings (SSSR count). The minimum atomic E-state index is -0.900. The first-order chi connectivity index (χ1) is 11.0. The molecule has 0 aliphatic rings. The van der Waals surface area contributed by atoms with Gasteiger partial charge in [0.25, 0.3) is 0 Å². The summed E-state index contributed by atoms with van der Waals surface area (Å²) in [5, 5.41) is 10.1. The van der Waals surface area contributed by atoms with E-state index in [1.54, 1.807) is 39.3 Å². The fourth-order valence-electron chi connectivity index (χ4n) is 2.72. The van der Waals surface area contributed by atoms with Crippen LogP contribution in [-0.2, 0) is 4.79 Å². The summed E-state index contributed by atoms with van der Waals surface area (Å²) in [6, 6.07) is 12.6. The zero-order valence-electron chi connectivity index (χ0n) is 13.2. The van der Waals surface area contributed by atoms with Crippen molar-refractivity contribution in [1.29, 1.82) is 0 Å². The predicted molar refractivity (Wildman–Crippen MR) is 89.6 cm³/mol. The molecule has 23 heavy (non-hydrogen) atoms. The van der Waals surface area contributed by atoms with Crippen molar-refractivity contribution in [3.8, 4) is 11.5 Å². The van der Waals surface area contributed by atoms with Gasteiger partial charge in [0.2, 0.25) is 0 Å². The van der Waals surface area contributed by atoms with Crippen LogP contribution in [0.2, 0.25) is 5.02 Å². The van der Waals surface area contributed by atoms with Crippen molar-refractivity contribution < 1.29 is 19.4 Å². The Morgan fingerprint density at radius 3 is 2.26 bits per heavy atom. The van der Waals surface area contributed by atoms with E-state index < -0.39 is 17.8 Å². The fourth-order valence-corrected chi connectivity index (χ4v) is 2.90. The minimum Gasteiger partial charge on any atom is -0.496 e. The first-order valence-corrected chi connectivity index (χ1v) is 7.56. The summed E-state index contributed by atoms with van der Waals surface area (Å²) in [6.07, 6.45) is 0. The molecule has 4 nitrogen and oxygen atoms in total. The Balaban J connectivity index is 2.69. The third-order valence-corrected chi connectivity index (χ3v) is 4.13. The fraction of sp³-hybridized carbons (Fsp3) is 0.278. The molecule has 0 heterocycles. The number of carboxylic acids is 1. The maximum absolute atomic E-state index is 11.7. The van der Waals surface area contributed by atoms with Crippen molar-refractivity contribution in [2.75, 3.05) is 14.2 Å². The van der Waals surface area contributed by atoms with Crippen LogP contribution in [0.25, 0.3) is 0 Å². The second kappa shape index (κ2) is 7.38. The van der Waals surface area contributed by atoms with E-state index >= 15 is 0 Å². The lowest BCUT2D eigenvalue weighted by molar-refractivity contribution is -0.141. The van der Waals surface area contributed by atoms with E-state index in [4.69, 9.17) is 21.1 Å². The molecule has 2 atom stereocenters. The molecule has 0 aromatic heterocycles. The van der Waals surface area contributed by atoms with Crippen molar-refractivity contribution in [2.24, 2.45) is 5.92 Å². The lowest BCUT2D eigenvalue weighted by Crippen LogP contribution is -2.21. The molecule has 0 radical (unpaired) electrons. The van der Waals surface area contributed by atoms with E-state index in [-0.39, 0.29) is 0 Å². The topological polar surface area (TPSA) is 55.8 Å². The highest BCUT2D eigenvalue weighted by atomic mass is 35.5. The van der Waals surface area contributed by atoms with Crippen LogP contribution in [0, 0.1) is 5.92 Å². The molecule has 2 aromatic rings. The number of methoxy groups -OCH3 is 2. The molecule has 0 amide bonds. The molecule has 2 aromatic carbocycles. The number of hydrogen-bond acceptors (Lipinski definition) is 3. The summed E-state index contributed by atoms with van der Waals surface area (Å²) in [5.41, 5.74) is 1.50. The average Bonchev–Trinajstić information content (AvgIpc) is 2.55. The van der Waals surface area contributed by atoms with Gasteiger partial charge in [-0.1, -0.05) is 36.7 Å². The summed E-state index contributed by atoms with van der Waals surface area (Å²) >= 11 is 6.13. The highest BCUT2D eigenvalue weighted by Gasteiger charge is 2.31. The Morgan fingerprint density at radius 1 is 1.04 bits per heavy atom. The van der Waals surface area contributed by atoms with Crippen molar-refractivity contribution in [3.05, 3.63) is 58.6 Å². The van der Waals surface area contributed by atoms with Crippen LogP contribution in [0.15, 0.2) is 42.5 Å². The number of aliphatic carboxylic acids is 1. The standard InChI is InChI=1S/C18H19ClO4/c1-11(18(20)21)17(13-6-4-5-7-15(13)22-2)14-10-12(19)8-9-16(14)23-3/h4-11,17H,1-3H3,(H,20,21). The second-order valence-corrected chi connectivity index (χ2v) is 5.67. The number of ether oxygens (including phenoxy) is 2. The monoisotopic (exact) mass is 334 g/mol. The Hall–Kier alpha value is -2.20. The third-order valence-electron chi connectivity index (χ3n) is 3.89. The van der Waals surface area contributed by atoms with Gasteiger partial charge < -0.3 is 14.6 Å². The van der Waals surface area contributed by atoms with E-state index in [1.807, 2.05) is 24.3 Å². The van der Waals surface area contributed by atoms with Crippen molar-refractivity contribution in [2.45, 2.75) is 12.8 Å². The van der Waals surface area contributed by atoms with Crippen molar-refractivity contribution in [3.63, 3.8) is 0 Å². The number of rotatable bonds is 6. The van der Waals surface area contributed by atoms with Gasteiger partial charge in [0.1, 0.15) is 11.5 Å². The van der Waals surface area contributed by atoms with Gasteiger partial charge in [0.15, 0.2) is 0 Å². The Bertz CT molecular complexity index is 699. The summed E-state index contributed by atoms with van der Waals surface area (Å²) in [4.78, 5) is 11.7. The van der Waals surface area contributed by atoms with E-state index in [1.165, 1.54) is 0 Å². The van der Waals surface area contributed by atoms with Crippen molar-refractivity contribution >= 4 is 17.6 Å². The molecular weight excluding hydrogens is 316 g/mol. The molecular formula is C18H19ClO4. The molecule has 0 saturated heterocycles. The number of halogens is 1. The van der Waals surface area contributed by atoms with Crippen LogP contribution in [-0.4, -0.2) is 25.3 Å². The molecule has 122 valence electrons. The summed E-state index contributed by atoms with van der Waals surface area (Å²) in [7, 11) is 3.12. The zero-order valence-corrected chi connectivity index (χ0v) is 14.0. The summed E-state index contributed by atoms with van der Waals surface area (Å²) in [5.74, 6) is -0.801. The van der Waals surface area contributed by atoms with Gasteiger partial charge in [-0.2, -0.15) is 0 Å². The first kappa shape index (κ1) is 17.2. The third kappa shape index (κ3) is 3.59. The normalized spacial score (nSPS) is 13.2. The van der Waals surface area contributed by atoms with Gasteiger partial charge in [0, 0.05) is 22.1 Å². The molecule has 0 spiro atoms. The largest absolute Gasteiger partial charge is 0.496 e. The first-order valence-electron chi connectivity index (χ1n) is 7.18. The number of para-hydroxylation sites is 1. The molecule has 2 unspecified atom stereocenters. The quantitative estimate of drug-likeness (QED) is 0.859. The molecule has 1 N–H and O–H groups in total.